The van der Waals surface area contributed by atoms with Crippen molar-refractivity contribution in [1.82, 2.24) is 4.98 Å². The number of hydrogen-bond donors (Lipinski definition) is 1. The molecule has 0 fully saturated rings. The molecule has 0 radical (unpaired) electrons. The van der Waals surface area contributed by atoms with Crippen molar-refractivity contribution in [2.75, 3.05) is 11.3 Å². The van der Waals surface area contributed by atoms with Gasteiger partial charge in [-0.1, -0.05) is 57.2 Å². The number of ether oxygens (including phenoxy) is 1. The Bertz CT molecular complexity index is 1180. The first-order chi connectivity index (χ1) is 15.3. The van der Waals surface area contributed by atoms with E-state index in [1.165, 1.54) is 35.1 Å². The van der Waals surface area contributed by atoms with Gasteiger partial charge >= 0.3 is 15.5 Å². The molecule has 5 nitrogen and oxygen atoms in total. The summed E-state index contributed by atoms with van der Waals surface area (Å²) in [6.45, 7) is 7.10. The quantitative estimate of drug-likeness (QED) is 0.380. The molecule has 178 valence electrons. The van der Waals surface area contributed by atoms with E-state index in [9.17, 15) is 21.6 Å². The number of sulfonamides is 1. The van der Waals surface area contributed by atoms with E-state index in [2.05, 4.69) is 50.0 Å². The third kappa shape index (κ3) is 6.78. The lowest BCUT2D eigenvalue weighted by Crippen LogP contribution is -2.29. The molecule has 0 saturated heterocycles. The number of thiazole rings is 1. The summed E-state index contributed by atoms with van der Waals surface area (Å²) in [6, 6.07) is 14.1. The minimum atomic E-state index is -5.45. The van der Waals surface area contributed by atoms with Gasteiger partial charge in [-0.15, -0.1) is 11.3 Å². The molecular weight excluding hydrogens is 473 g/mol. The first kappa shape index (κ1) is 25.2. The lowest BCUT2D eigenvalue weighted by Gasteiger charge is -2.18. The second-order valence-corrected chi connectivity index (χ2v) is 11.1. The van der Waals surface area contributed by atoms with Gasteiger partial charge in [0.2, 0.25) is 0 Å². The molecule has 0 amide bonds. The Kier molecular flexibility index (Phi) is 7.50. The summed E-state index contributed by atoms with van der Waals surface area (Å²) < 4.78 is 67.3. The molecule has 0 unspecified atom stereocenters. The second kappa shape index (κ2) is 9.82. The third-order valence-electron chi connectivity index (χ3n) is 4.82. The molecule has 0 spiro atoms. The van der Waals surface area contributed by atoms with Crippen LogP contribution in [-0.4, -0.2) is 25.5 Å². The van der Waals surface area contributed by atoms with Crippen LogP contribution in [0.3, 0.4) is 0 Å². The summed E-state index contributed by atoms with van der Waals surface area (Å²) in [7, 11) is -5.45. The Labute approximate surface area is 195 Å². The van der Waals surface area contributed by atoms with E-state index in [1.54, 1.807) is 10.8 Å². The van der Waals surface area contributed by atoms with Gasteiger partial charge in [-0.05, 0) is 35.1 Å². The average Bonchev–Trinajstić information content (AvgIpc) is 3.19. The van der Waals surface area contributed by atoms with Crippen molar-refractivity contribution in [2.45, 2.75) is 44.7 Å². The fourth-order valence-electron chi connectivity index (χ4n) is 2.99. The van der Waals surface area contributed by atoms with E-state index < -0.39 is 15.5 Å². The molecule has 33 heavy (non-hydrogen) atoms. The van der Waals surface area contributed by atoms with Crippen LogP contribution in [0.15, 0.2) is 53.9 Å². The standard InChI is InChI=1S/C23H25F3N2O3S2/c1-22(2,3)18-9-7-17(8-10-18)21-27-20(15-32-21)14-31-12-11-16-5-4-6-19(13-16)28-33(29,30)23(24,25)26/h4-10,13,15,28H,11-12,14H2,1-3H3. The molecule has 0 aliphatic rings. The minimum absolute atomic E-state index is 0.0859. The van der Waals surface area contributed by atoms with Crippen LogP contribution in [0.25, 0.3) is 10.6 Å². The fourth-order valence-corrected chi connectivity index (χ4v) is 4.35. The zero-order chi connectivity index (χ0) is 24.3. The van der Waals surface area contributed by atoms with Crippen LogP contribution < -0.4 is 4.72 Å². The highest BCUT2D eigenvalue weighted by Crippen LogP contribution is 2.28. The molecule has 1 heterocycles. The Hall–Kier alpha value is -2.43. The zero-order valence-corrected chi connectivity index (χ0v) is 20.1. The predicted octanol–water partition coefficient (Wildman–Crippen LogP) is 6.13. The smallest absolute Gasteiger partial charge is 0.375 e. The number of nitrogens with zero attached hydrogens (tertiary/aromatic N) is 1. The Morgan fingerprint density at radius 1 is 1.06 bits per heavy atom. The lowest BCUT2D eigenvalue weighted by atomic mass is 9.87. The van der Waals surface area contributed by atoms with E-state index in [0.717, 1.165) is 16.3 Å². The maximum Gasteiger partial charge on any atom is 0.516 e. The van der Waals surface area contributed by atoms with Gasteiger partial charge in [0, 0.05) is 16.6 Å². The minimum Gasteiger partial charge on any atom is -0.375 e. The first-order valence-corrected chi connectivity index (χ1v) is 12.5. The van der Waals surface area contributed by atoms with Gasteiger partial charge in [-0.2, -0.15) is 21.6 Å². The Balaban J connectivity index is 1.52. The molecule has 0 aliphatic heterocycles. The zero-order valence-electron chi connectivity index (χ0n) is 18.4. The molecule has 3 rings (SSSR count). The number of halogens is 3. The second-order valence-electron chi connectivity index (χ2n) is 8.53. The molecule has 0 bridgehead atoms. The highest BCUT2D eigenvalue weighted by molar-refractivity contribution is 7.93. The molecule has 1 N–H and O–H groups in total. The molecule has 3 aromatic rings. The summed E-state index contributed by atoms with van der Waals surface area (Å²) in [6.07, 6.45) is 0.410. The average molecular weight is 499 g/mol. The summed E-state index contributed by atoms with van der Waals surface area (Å²) in [5.41, 5.74) is -1.70. The number of nitrogens with one attached hydrogen (secondary N) is 1. The van der Waals surface area contributed by atoms with E-state index in [1.807, 2.05) is 5.38 Å². The van der Waals surface area contributed by atoms with E-state index in [4.69, 9.17) is 4.74 Å². The first-order valence-electron chi connectivity index (χ1n) is 10.2. The summed E-state index contributed by atoms with van der Waals surface area (Å²) >= 11 is 1.53. The van der Waals surface area contributed by atoms with Crippen molar-refractivity contribution >= 4 is 27.0 Å². The summed E-state index contributed by atoms with van der Waals surface area (Å²) in [4.78, 5) is 4.60. The fraction of sp³-hybridized carbons (Fsp3) is 0.348. The summed E-state index contributed by atoms with van der Waals surface area (Å²) in [5, 5.41) is 2.83. The van der Waals surface area contributed by atoms with E-state index in [0.29, 0.717) is 25.2 Å². The van der Waals surface area contributed by atoms with Gasteiger partial charge in [-0.25, -0.2) is 4.98 Å². The van der Waals surface area contributed by atoms with Crippen molar-refractivity contribution < 1.29 is 26.3 Å². The van der Waals surface area contributed by atoms with Crippen molar-refractivity contribution in [3.8, 4) is 10.6 Å². The highest BCUT2D eigenvalue weighted by atomic mass is 32.2. The highest BCUT2D eigenvalue weighted by Gasteiger charge is 2.46. The maximum atomic E-state index is 12.5. The van der Waals surface area contributed by atoms with Gasteiger partial charge in [0.05, 0.1) is 18.9 Å². The topological polar surface area (TPSA) is 68.3 Å². The van der Waals surface area contributed by atoms with Crippen molar-refractivity contribution in [3.63, 3.8) is 0 Å². The van der Waals surface area contributed by atoms with Crippen LogP contribution in [0, 0.1) is 0 Å². The van der Waals surface area contributed by atoms with Crippen molar-refractivity contribution in [2.24, 2.45) is 0 Å². The molecule has 0 aliphatic carbocycles. The van der Waals surface area contributed by atoms with Gasteiger partial charge in [-0.3, -0.25) is 4.72 Å². The van der Waals surface area contributed by atoms with Crippen LogP contribution in [-0.2, 0) is 33.2 Å². The molecule has 0 atom stereocenters. The van der Waals surface area contributed by atoms with E-state index in [-0.39, 0.29) is 11.1 Å². The number of aromatic nitrogens is 1. The summed E-state index contributed by atoms with van der Waals surface area (Å²) in [5.74, 6) is 0. The molecule has 10 heteroatoms. The largest absolute Gasteiger partial charge is 0.516 e. The number of benzene rings is 2. The van der Waals surface area contributed by atoms with Gasteiger partial charge in [0.25, 0.3) is 0 Å². The Morgan fingerprint density at radius 2 is 1.76 bits per heavy atom. The lowest BCUT2D eigenvalue weighted by molar-refractivity contribution is -0.0429. The van der Waals surface area contributed by atoms with Gasteiger partial charge in [0.1, 0.15) is 5.01 Å². The normalized spacial score (nSPS) is 12.7. The molecular formula is C23H25F3N2O3S2. The third-order valence-corrected chi connectivity index (χ3v) is 6.87. The predicted molar refractivity (Wildman–Crippen MR) is 125 cm³/mol. The SMILES string of the molecule is CC(C)(C)c1ccc(-c2nc(COCCc3cccc(NS(=O)(=O)C(F)(F)F)c3)cs2)cc1. The van der Waals surface area contributed by atoms with Gasteiger partial charge < -0.3 is 4.74 Å². The monoisotopic (exact) mass is 498 g/mol. The number of hydrogen-bond acceptors (Lipinski definition) is 5. The van der Waals surface area contributed by atoms with Crippen LogP contribution in [0.5, 0.6) is 0 Å². The van der Waals surface area contributed by atoms with E-state index >= 15 is 0 Å². The van der Waals surface area contributed by atoms with Crippen LogP contribution in [0.2, 0.25) is 0 Å². The van der Waals surface area contributed by atoms with Crippen molar-refractivity contribution in [3.05, 3.63) is 70.7 Å². The number of anilines is 1. The van der Waals surface area contributed by atoms with Gasteiger partial charge in [0.15, 0.2) is 0 Å². The van der Waals surface area contributed by atoms with Crippen LogP contribution >= 0.6 is 11.3 Å². The van der Waals surface area contributed by atoms with Crippen LogP contribution in [0.1, 0.15) is 37.6 Å². The Morgan fingerprint density at radius 3 is 2.39 bits per heavy atom. The van der Waals surface area contributed by atoms with Crippen LogP contribution in [0.4, 0.5) is 18.9 Å². The molecule has 1 aromatic heterocycles. The number of rotatable bonds is 8. The molecule has 2 aromatic carbocycles. The number of alkyl halides is 3. The maximum absolute atomic E-state index is 12.5. The molecule has 0 saturated carbocycles. The van der Waals surface area contributed by atoms with Crippen molar-refractivity contribution in [1.29, 1.82) is 0 Å².